The highest BCUT2D eigenvalue weighted by atomic mass is 32.2. The first kappa shape index (κ1) is 29.9. The predicted octanol–water partition coefficient (Wildman–Crippen LogP) is 4.43. The number of nitrogens with zero attached hydrogens (tertiary/aromatic N) is 3. The van der Waals surface area contributed by atoms with Crippen molar-refractivity contribution in [1.82, 2.24) is 19.4 Å². The number of hydrogen-bond donors (Lipinski definition) is 1. The zero-order valence-electron chi connectivity index (χ0n) is 22.3. The zero-order chi connectivity index (χ0) is 30.4. The highest BCUT2D eigenvalue weighted by Crippen LogP contribution is 2.35. The van der Waals surface area contributed by atoms with E-state index in [4.69, 9.17) is 0 Å². The molecule has 5 rings (SSSR count). The largest absolute Gasteiger partial charge is 0.433 e. The number of carbonyl (C=O) groups excluding carboxylic acids is 1. The number of benzene rings is 2. The smallest absolute Gasteiger partial charge is 0.337 e. The fraction of sp³-hybridized carbons (Fsp3) is 0.259. The van der Waals surface area contributed by atoms with Gasteiger partial charge < -0.3 is 4.90 Å². The molecule has 0 saturated carbocycles. The summed E-state index contributed by atoms with van der Waals surface area (Å²) in [5, 5.41) is 3.86. The molecule has 2 aromatic heterocycles. The average Bonchev–Trinajstić information content (AvgIpc) is 3.67. The Labute approximate surface area is 244 Å². The van der Waals surface area contributed by atoms with Crippen molar-refractivity contribution in [3.05, 3.63) is 78.0 Å². The summed E-state index contributed by atoms with van der Waals surface area (Å²) in [6.45, 7) is 0.443. The summed E-state index contributed by atoms with van der Waals surface area (Å²) in [4.78, 5) is 15.1. The first-order valence-electron chi connectivity index (χ1n) is 12.6. The van der Waals surface area contributed by atoms with E-state index in [1.54, 1.807) is 42.5 Å². The van der Waals surface area contributed by atoms with Gasteiger partial charge in [0.2, 0.25) is 10.0 Å². The van der Waals surface area contributed by atoms with Gasteiger partial charge in [-0.3, -0.25) is 9.48 Å². The maximum atomic E-state index is 13.1. The summed E-state index contributed by atoms with van der Waals surface area (Å²) in [6, 6.07) is 16.1. The molecule has 1 unspecified atom stereocenters. The molecule has 0 bridgehead atoms. The van der Waals surface area contributed by atoms with Gasteiger partial charge in [-0.05, 0) is 48.4 Å². The van der Waals surface area contributed by atoms with Gasteiger partial charge in [-0.1, -0.05) is 30.3 Å². The van der Waals surface area contributed by atoms with Crippen LogP contribution in [-0.2, 0) is 33.1 Å². The number of alkyl halides is 3. The topological polar surface area (TPSA) is 118 Å². The average molecular weight is 639 g/mol. The van der Waals surface area contributed by atoms with Crippen molar-refractivity contribution in [1.29, 1.82) is 0 Å². The van der Waals surface area contributed by atoms with Gasteiger partial charge in [0.25, 0.3) is 5.91 Å². The number of carbonyl (C=O) groups is 1. The monoisotopic (exact) mass is 638 g/mol. The molecule has 15 heteroatoms. The van der Waals surface area contributed by atoms with Crippen molar-refractivity contribution in [3.8, 4) is 21.7 Å². The molecule has 1 fully saturated rings. The summed E-state index contributed by atoms with van der Waals surface area (Å²) in [5.41, 5.74) is 0.596. The maximum Gasteiger partial charge on any atom is 0.433 e. The van der Waals surface area contributed by atoms with Crippen LogP contribution in [0.1, 0.15) is 22.5 Å². The zero-order valence-corrected chi connectivity index (χ0v) is 24.7. The summed E-state index contributed by atoms with van der Waals surface area (Å²) in [5.74, 6) is -0.298. The lowest BCUT2D eigenvalue weighted by Crippen LogP contribution is -2.38. The first-order valence-corrected chi connectivity index (χ1v) is 16.8. The van der Waals surface area contributed by atoms with E-state index in [1.165, 1.54) is 30.1 Å². The van der Waals surface area contributed by atoms with Gasteiger partial charge in [0.05, 0.1) is 9.77 Å². The first-order chi connectivity index (χ1) is 19.6. The van der Waals surface area contributed by atoms with Crippen LogP contribution in [-0.4, -0.2) is 62.8 Å². The molecule has 2 aromatic carbocycles. The lowest BCUT2D eigenvalue weighted by atomic mass is 10.0. The molecule has 0 aliphatic carbocycles. The van der Waals surface area contributed by atoms with E-state index in [0.717, 1.165) is 23.7 Å². The van der Waals surface area contributed by atoms with Gasteiger partial charge in [-0.15, -0.1) is 11.3 Å². The number of sulfone groups is 1. The van der Waals surface area contributed by atoms with Gasteiger partial charge in [0.15, 0.2) is 9.84 Å². The Bertz CT molecular complexity index is 1860. The van der Waals surface area contributed by atoms with Crippen LogP contribution in [0.25, 0.3) is 21.7 Å². The molecule has 1 N–H and O–H groups in total. The normalized spacial score (nSPS) is 16.2. The summed E-state index contributed by atoms with van der Waals surface area (Å²) < 4.78 is 93.0. The van der Waals surface area contributed by atoms with Crippen LogP contribution < -0.4 is 4.72 Å². The minimum absolute atomic E-state index is 0.0136. The van der Waals surface area contributed by atoms with E-state index >= 15 is 0 Å². The van der Waals surface area contributed by atoms with Crippen molar-refractivity contribution in [2.24, 2.45) is 7.05 Å². The Kier molecular flexibility index (Phi) is 7.81. The highest BCUT2D eigenvalue weighted by molar-refractivity contribution is 7.91. The van der Waals surface area contributed by atoms with Crippen molar-refractivity contribution in [2.75, 3.05) is 19.3 Å². The second kappa shape index (κ2) is 10.9. The number of amides is 1. The van der Waals surface area contributed by atoms with Gasteiger partial charge in [0, 0.05) is 43.6 Å². The van der Waals surface area contributed by atoms with Crippen molar-refractivity contribution >= 4 is 37.1 Å². The van der Waals surface area contributed by atoms with Crippen LogP contribution >= 0.6 is 11.3 Å². The van der Waals surface area contributed by atoms with Gasteiger partial charge >= 0.3 is 6.18 Å². The molecule has 9 nitrogen and oxygen atoms in total. The molecule has 3 heterocycles. The Morgan fingerprint density at radius 2 is 1.71 bits per heavy atom. The Hall–Kier alpha value is -3.53. The number of aryl methyl sites for hydroxylation is 1. The molecule has 222 valence electrons. The van der Waals surface area contributed by atoms with Crippen LogP contribution in [0.2, 0.25) is 0 Å². The fourth-order valence-electron chi connectivity index (χ4n) is 4.78. The second-order valence-corrected chi connectivity index (χ2v) is 14.9. The molecular formula is C27H25F3N4O5S3. The molecule has 42 heavy (non-hydrogen) atoms. The Morgan fingerprint density at radius 1 is 1.02 bits per heavy atom. The number of halogens is 3. The maximum absolute atomic E-state index is 13.1. The van der Waals surface area contributed by atoms with E-state index in [1.807, 2.05) is 0 Å². The van der Waals surface area contributed by atoms with Crippen LogP contribution in [0.15, 0.2) is 75.8 Å². The number of likely N-dealkylation sites (tertiary alicyclic amines) is 1. The van der Waals surface area contributed by atoms with E-state index < -0.39 is 37.8 Å². The number of rotatable bonds is 7. The minimum Gasteiger partial charge on any atom is -0.337 e. The Balaban J connectivity index is 1.25. The van der Waals surface area contributed by atoms with E-state index in [9.17, 15) is 34.8 Å². The number of nitrogens with one attached hydrogen (secondary N) is 1. The molecule has 4 aromatic rings. The summed E-state index contributed by atoms with van der Waals surface area (Å²) in [6.07, 6.45) is -3.09. The quantitative estimate of drug-likeness (QED) is 0.320. The molecule has 0 spiro atoms. The molecule has 1 amide bonds. The standard InChI is InChI=1S/C27H25F3N4O5S3/c1-33-24(27(28,29)30)15-21(31-33)22-11-12-25(40-22)42(38,39)32-19-13-14-34(16-19)26(35)18-9-7-17(8-10-18)20-5-3-4-6-23(20)41(2,36)37/h3-12,15,19,32H,13-14,16H2,1-2H3. The fourth-order valence-corrected chi connectivity index (χ4v) is 8.23. The van der Waals surface area contributed by atoms with E-state index in [2.05, 4.69) is 9.82 Å². The van der Waals surface area contributed by atoms with Crippen LogP contribution in [0, 0.1) is 0 Å². The molecule has 1 atom stereocenters. The lowest BCUT2D eigenvalue weighted by molar-refractivity contribution is -0.143. The third-order valence-electron chi connectivity index (χ3n) is 6.80. The van der Waals surface area contributed by atoms with Gasteiger partial charge in [-0.25, -0.2) is 21.6 Å². The van der Waals surface area contributed by atoms with Gasteiger partial charge in [0.1, 0.15) is 15.6 Å². The third-order valence-corrected chi connectivity index (χ3v) is 11.1. The van der Waals surface area contributed by atoms with Crippen LogP contribution in [0.3, 0.4) is 0 Å². The van der Waals surface area contributed by atoms with E-state index in [-0.39, 0.29) is 32.1 Å². The Morgan fingerprint density at radius 3 is 2.36 bits per heavy atom. The second-order valence-electron chi connectivity index (χ2n) is 9.86. The van der Waals surface area contributed by atoms with E-state index in [0.29, 0.717) is 34.3 Å². The summed E-state index contributed by atoms with van der Waals surface area (Å²) in [7, 11) is -6.30. The lowest BCUT2D eigenvalue weighted by Gasteiger charge is -2.17. The van der Waals surface area contributed by atoms with Crippen LogP contribution in [0.5, 0.6) is 0 Å². The molecule has 1 aliphatic heterocycles. The third kappa shape index (κ3) is 6.14. The number of hydrogen-bond acceptors (Lipinski definition) is 7. The predicted molar refractivity (Wildman–Crippen MR) is 151 cm³/mol. The molecule has 0 radical (unpaired) electrons. The number of aromatic nitrogens is 2. The number of sulfonamides is 1. The highest BCUT2D eigenvalue weighted by Gasteiger charge is 2.36. The summed E-state index contributed by atoms with van der Waals surface area (Å²) >= 11 is 0.803. The molecule has 1 saturated heterocycles. The van der Waals surface area contributed by atoms with Crippen LogP contribution in [0.4, 0.5) is 13.2 Å². The SMILES string of the molecule is Cn1nc(-c2ccc(S(=O)(=O)NC3CCN(C(=O)c4ccc(-c5ccccc5S(C)(=O)=O)cc4)C3)s2)cc1C(F)(F)F. The minimum atomic E-state index is -4.59. The number of thiophene rings is 1. The molecular weight excluding hydrogens is 614 g/mol. The van der Waals surface area contributed by atoms with Crippen molar-refractivity contribution in [3.63, 3.8) is 0 Å². The van der Waals surface area contributed by atoms with Gasteiger partial charge in [-0.2, -0.15) is 18.3 Å². The van der Waals surface area contributed by atoms with Crippen molar-refractivity contribution < 1.29 is 34.8 Å². The van der Waals surface area contributed by atoms with Crippen molar-refractivity contribution in [2.45, 2.75) is 27.7 Å². The molecule has 1 aliphatic rings.